The molecule has 94 valence electrons. The lowest BCUT2D eigenvalue weighted by atomic mass is 9.99. The Morgan fingerprint density at radius 2 is 2.24 bits per heavy atom. The molecule has 0 aliphatic carbocycles. The lowest BCUT2D eigenvalue weighted by Gasteiger charge is -2.32. The minimum Gasteiger partial charge on any atom is -0.299 e. The summed E-state index contributed by atoms with van der Waals surface area (Å²) in [6.45, 7) is 2.52. The molecule has 1 aliphatic heterocycles. The van der Waals surface area contributed by atoms with Crippen LogP contribution in [-0.4, -0.2) is 23.9 Å². The minimum absolute atomic E-state index is 0.217. The molecule has 1 nitrogen and oxygen atoms in total. The topological polar surface area (TPSA) is 3.24 Å². The van der Waals surface area contributed by atoms with Gasteiger partial charge in [0.1, 0.15) is 5.82 Å². The Morgan fingerprint density at radius 3 is 2.94 bits per heavy atom. The van der Waals surface area contributed by atoms with Crippen molar-refractivity contribution in [1.82, 2.24) is 4.90 Å². The number of hydrogen-bond donors (Lipinski definition) is 0. The summed E-state index contributed by atoms with van der Waals surface area (Å²) in [5, 5.41) is 0.512. The standard InChI is InChI=1S/C13H16Cl2FN/c14-7-10-3-2-6-17(8-10)9-11-12(15)4-1-5-13(11)16/h1,4-5,10H,2-3,6-9H2. The normalized spacial score (nSPS) is 21.7. The van der Waals surface area contributed by atoms with Crippen LogP contribution in [0.2, 0.25) is 5.02 Å². The highest BCUT2D eigenvalue weighted by molar-refractivity contribution is 6.31. The second-order valence-corrected chi connectivity index (χ2v) is 5.31. The van der Waals surface area contributed by atoms with Crippen LogP contribution in [0.3, 0.4) is 0 Å². The average molecular weight is 276 g/mol. The third-order valence-electron chi connectivity index (χ3n) is 3.26. The third kappa shape index (κ3) is 3.34. The van der Waals surface area contributed by atoms with Crippen LogP contribution >= 0.6 is 23.2 Å². The molecule has 1 heterocycles. The zero-order valence-corrected chi connectivity index (χ0v) is 11.1. The second-order valence-electron chi connectivity index (χ2n) is 4.60. The van der Waals surface area contributed by atoms with Crippen LogP contribution in [0.1, 0.15) is 18.4 Å². The monoisotopic (exact) mass is 275 g/mol. The zero-order chi connectivity index (χ0) is 12.3. The van der Waals surface area contributed by atoms with Crippen LogP contribution in [0.15, 0.2) is 18.2 Å². The van der Waals surface area contributed by atoms with Crippen molar-refractivity contribution >= 4 is 23.2 Å². The molecule has 2 rings (SSSR count). The highest BCUT2D eigenvalue weighted by Gasteiger charge is 2.20. The van der Waals surface area contributed by atoms with E-state index in [1.807, 2.05) is 0 Å². The Labute approximate surface area is 112 Å². The maximum atomic E-state index is 13.6. The lowest BCUT2D eigenvalue weighted by molar-refractivity contribution is 0.176. The Balaban J connectivity index is 2.05. The molecule has 1 atom stereocenters. The van der Waals surface area contributed by atoms with E-state index < -0.39 is 0 Å². The predicted octanol–water partition coefficient (Wildman–Crippen LogP) is 3.93. The number of hydrogen-bond acceptors (Lipinski definition) is 1. The fraction of sp³-hybridized carbons (Fsp3) is 0.538. The van der Waals surface area contributed by atoms with Gasteiger partial charge in [-0.1, -0.05) is 17.7 Å². The maximum Gasteiger partial charge on any atom is 0.129 e. The van der Waals surface area contributed by atoms with Crippen molar-refractivity contribution in [2.24, 2.45) is 5.92 Å². The van der Waals surface area contributed by atoms with Gasteiger partial charge in [0.15, 0.2) is 0 Å². The molecule has 1 aromatic carbocycles. The lowest BCUT2D eigenvalue weighted by Crippen LogP contribution is -2.35. The number of halogens is 3. The Hall–Kier alpha value is -0.310. The average Bonchev–Trinajstić information content (AvgIpc) is 2.34. The van der Waals surface area contributed by atoms with Crippen LogP contribution in [-0.2, 0) is 6.54 Å². The summed E-state index contributed by atoms with van der Waals surface area (Å²) < 4.78 is 13.6. The van der Waals surface area contributed by atoms with Crippen molar-refractivity contribution in [2.45, 2.75) is 19.4 Å². The molecular formula is C13H16Cl2FN. The van der Waals surface area contributed by atoms with E-state index in [1.165, 1.54) is 12.5 Å². The molecule has 1 aromatic rings. The van der Waals surface area contributed by atoms with E-state index in [2.05, 4.69) is 4.90 Å². The molecule has 17 heavy (non-hydrogen) atoms. The molecule has 1 fully saturated rings. The highest BCUT2D eigenvalue weighted by Crippen LogP contribution is 2.24. The van der Waals surface area contributed by atoms with Gasteiger partial charge in [-0.3, -0.25) is 4.90 Å². The molecule has 0 amide bonds. The quantitative estimate of drug-likeness (QED) is 0.756. The summed E-state index contributed by atoms with van der Waals surface area (Å²) >= 11 is 11.9. The van der Waals surface area contributed by atoms with Crippen molar-refractivity contribution in [1.29, 1.82) is 0 Å². The van der Waals surface area contributed by atoms with Gasteiger partial charge in [0.05, 0.1) is 0 Å². The van der Waals surface area contributed by atoms with Crippen molar-refractivity contribution < 1.29 is 4.39 Å². The van der Waals surface area contributed by atoms with Crippen molar-refractivity contribution in [2.75, 3.05) is 19.0 Å². The molecular weight excluding hydrogens is 260 g/mol. The molecule has 0 N–H and O–H groups in total. The van der Waals surface area contributed by atoms with Gasteiger partial charge in [0.2, 0.25) is 0 Å². The molecule has 1 unspecified atom stereocenters. The number of piperidine rings is 1. The Morgan fingerprint density at radius 1 is 1.41 bits per heavy atom. The summed E-state index contributed by atoms with van der Waals surface area (Å²) in [7, 11) is 0. The van der Waals surface area contributed by atoms with E-state index in [9.17, 15) is 4.39 Å². The van der Waals surface area contributed by atoms with Gasteiger partial charge in [0.25, 0.3) is 0 Å². The van der Waals surface area contributed by atoms with Gasteiger partial charge in [0, 0.05) is 29.6 Å². The summed E-state index contributed by atoms with van der Waals surface area (Å²) in [5.41, 5.74) is 0.601. The molecule has 0 saturated carbocycles. The van der Waals surface area contributed by atoms with Gasteiger partial charge < -0.3 is 0 Å². The fourth-order valence-corrected chi connectivity index (χ4v) is 2.80. The molecule has 1 saturated heterocycles. The van der Waals surface area contributed by atoms with E-state index in [1.54, 1.807) is 12.1 Å². The van der Waals surface area contributed by atoms with Crippen molar-refractivity contribution in [3.63, 3.8) is 0 Å². The summed E-state index contributed by atoms with van der Waals surface area (Å²) in [4.78, 5) is 2.24. The fourth-order valence-electron chi connectivity index (χ4n) is 2.33. The van der Waals surface area contributed by atoms with Crippen LogP contribution in [0.4, 0.5) is 4.39 Å². The molecule has 0 bridgehead atoms. The largest absolute Gasteiger partial charge is 0.299 e. The van der Waals surface area contributed by atoms with Crippen molar-refractivity contribution in [3.8, 4) is 0 Å². The molecule has 0 spiro atoms. The number of benzene rings is 1. The van der Waals surface area contributed by atoms with E-state index in [0.717, 1.165) is 19.5 Å². The van der Waals surface area contributed by atoms with Gasteiger partial charge in [-0.05, 0) is 37.4 Å². The van der Waals surface area contributed by atoms with Crippen LogP contribution in [0.25, 0.3) is 0 Å². The van der Waals surface area contributed by atoms with Gasteiger partial charge in [-0.2, -0.15) is 0 Å². The summed E-state index contributed by atoms with van der Waals surface area (Å²) in [6.07, 6.45) is 2.30. The minimum atomic E-state index is -0.217. The van der Waals surface area contributed by atoms with Gasteiger partial charge >= 0.3 is 0 Å². The number of alkyl halides is 1. The van der Waals surface area contributed by atoms with E-state index in [-0.39, 0.29) is 5.82 Å². The highest BCUT2D eigenvalue weighted by atomic mass is 35.5. The number of nitrogens with zero attached hydrogens (tertiary/aromatic N) is 1. The zero-order valence-electron chi connectivity index (χ0n) is 9.63. The summed E-state index contributed by atoms with van der Waals surface area (Å²) in [6, 6.07) is 4.84. The first-order valence-electron chi connectivity index (χ1n) is 5.92. The van der Waals surface area contributed by atoms with Crippen LogP contribution in [0, 0.1) is 11.7 Å². The predicted molar refractivity (Wildman–Crippen MR) is 70.1 cm³/mol. The molecule has 0 radical (unpaired) electrons. The maximum absolute atomic E-state index is 13.6. The van der Waals surface area contributed by atoms with E-state index in [0.29, 0.717) is 28.9 Å². The van der Waals surface area contributed by atoms with Gasteiger partial charge in [-0.15, -0.1) is 11.6 Å². The smallest absolute Gasteiger partial charge is 0.129 e. The van der Waals surface area contributed by atoms with Crippen molar-refractivity contribution in [3.05, 3.63) is 34.6 Å². The molecule has 1 aliphatic rings. The van der Waals surface area contributed by atoms with E-state index in [4.69, 9.17) is 23.2 Å². The third-order valence-corrected chi connectivity index (χ3v) is 4.06. The molecule has 4 heteroatoms. The number of likely N-dealkylation sites (tertiary alicyclic amines) is 1. The second kappa shape index (κ2) is 6.03. The first-order chi connectivity index (χ1) is 8.20. The first-order valence-corrected chi connectivity index (χ1v) is 6.83. The van der Waals surface area contributed by atoms with Crippen LogP contribution in [0.5, 0.6) is 0 Å². The first kappa shape index (κ1) is 13.1. The van der Waals surface area contributed by atoms with Gasteiger partial charge in [-0.25, -0.2) is 4.39 Å². The van der Waals surface area contributed by atoms with E-state index >= 15 is 0 Å². The van der Waals surface area contributed by atoms with Crippen LogP contribution < -0.4 is 0 Å². The molecule has 0 aromatic heterocycles. The SMILES string of the molecule is Fc1cccc(Cl)c1CN1CCCC(CCl)C1. The number of rotatable bonds is 3. The summed E-state index contributed by atoms with van der Waals surface area (Å²) in [5.74, 6) is 0.989. The Kier molecular flexibility index (Phi) is 4.66. The Bertz CT molecular complexity index is 363.